The minimum atomic E-state index is -3.48. The molecule has 1 aromatic carbocycles. The molecule has 2 heterocycles. The number of carbonyl (C=O) groups is 1. The monoisotopic (exact) mass is 449 g/mol. The van der Waals surface area contributed by atoms with E-state index in [0.717, 1.165) is 6.26 Å². The quantitative estimate of drug-likeness (QED) is 0.731. The minimum Gasteiger partial charge on any atom is -0.447 e. The number of likely N-dealkylation sites (tertiary alicyclic amines) is 1. The van der Waals surface area contributed by atoms with Crippen LogP contribution in [-0.2, 0) is 21.2 Å². The summed E-state index contributed by atoms with van der Waals surface area (Å²) in [6.07, 6.45) is 1.88. The first-order valence-electron chi connectivity index (χ1n) is 10.3. The molecule has 1 N–H and O–H groups in total. The maximum absolute atomic E-state index is 14.2. The van der Waals surface area contributed by atoms with Crippen molar-refractivity contribution in [3.05, 3.63) is 54.0 Å². The van der Waals surface area contributed by atoms with Crippen molar-refractivity contribution < 1.29 is 22.3 Å². The fraction of sp³-hybridized carbons (Fsp3) is 0.455. The Kier molecular flexibility index (Phi) is 7.27. The highest BCUT2D eigenvalue weighted by Gasteiger charge is 2.37. The third-order valence-electron chi connectivity index (χ3n) is 5.09. The molecule has 0 radical (unpaired) electrons. The first-order valence-corrected chi connectivity index (χ1v) is 12.2. The molecule has 2 atom stereocenters. The van der Waals surface area contributed by atoms with E-state index >= 15 is 0 Å². The molecule has 1 fully saturated rings. The van der Waals surface area contributed by atoms with Crippen LogP contribution in [0.4, 0.5) is 9.18 Å². The normalized spacial score (nSPS) is 19.5. The second-order valence-corrected chi connectivity index (χ2v) is 9.81. The third-order valence-corrected chi connectivity index (χ3v) is 5.82. The summed E-state index contributed by atoms with van der Waals surface area (Å²) in [6.45, 7) is 4.00. The number of sulfonamides is 1. The Hall–Kier alpha value is -2.52. The molecule has 31 heavy (non-hydrogen) atoms. The predicted octanol–water partition coefficient (Wildman–Crippen LogP) is 3.36. The SMILES string of the molecule is CC(C)OC(=O)N1CCCC(NS(C)(=O)=O)C1Cc1cccc(-c2ccccc2F)n1. The Labute approximate surface area is 182 Å². The molecular formula is C22H28FN3O4S. The van der Waals surface area contributed by atoms with Crippen molar-refractivity contribution >= 4 is 16.1 Å². The standard InChI is InChI=1S/C22H28FN3O4S/c1-15(2)30-22(27)26-13-7-12-20(25-31(3,28)29)21(26)14-16-8-6-11-19(24-16)17-9-4-5-10-18(17)23/h4-6,8-11,15,20-21,25H,7,12-14H2,1-3H3. The highest BCUT2D eigenvalue weighted by atomic mass is 32.2. The van der Waals surface area contributed by atoms with Crippen molar-refractivity contribution in [1.29, 1.82) is 0 Å². The Morgan fingerprint density at radius 1 is 1.26 bits per heavy atom. The van der Waals surface area contributed by atoms with E-state index in [4.69, 9.17) is 4.74 Å². The Morgan fingerprint density at radius 3 is 2.68 bits per heavy atom. The van der Waals surface area contributed by atoms with Gasteiger partial charge < -0.3 is 9.64 Å². The van der Waals surface area contributed by atoms with Crippen molar-refractivity contribution in [1.82, 2.24) is 14.6 Å². The van der Waals surface area contributed by atoms with Gasteiger partial charge in [0.15, 0.2) is 0 Å². The van der Waals surface area contributed by atoms with Crippen LogP contribution in [-0.4, -0.2) is 55.4 Å². The maximum Gasteiger partial charge on any atom is 0.410 e. The molecule has 2 aromatic rings. The third kappa shape index (κ3) is 6.24. The van der Waals surface area contributed by atoms with Crippen molar-refractivity contribution in [3.63, 3.8) is 0 Å². The van der Waals surface area contributed by atoms with Crippen LogP contribution in [0.2, 0.25) is 0 Å². The van der Waals surface area contributed by atoms with Gasteiger partial charge in [-0.15, -0.1) is 0 Å². The molecule has 3 rings (SSSR count). The van der Waals surface area contributed by atoms with Crippen LogP contribution in [0.3, 0.4) is 0 Å². The highest BCUT2D eigenvalue weighted by Crippen LogP contribution is 2.25. The Balaban J connectivity index is 1.92. The zero-order valence-corrected chi connectivity index (χ0v) is 18.7. The molecule has 7 nitrogen and oxygen atoms in total. The fourth-order valence-corrected chi connectivity index (χ4v) is 4.67. The number of aromatic nitrogens is 1. The largest absolute Gasteiger partial charge is 0.447 e. The number of hydrogen-bond acceptors (Lipinski definition) is 5. The average Bonchev–Trinajstić information content (AvgIpc) is 2.68. The summed E-state index contributed by atoms with van der Waals surface area (Å²) < 4.78 is 46.1. The minimum absolute atomic E-state index is 0.293. The number of benzene rings is 1. The molecular weight excluding hydrogens is 421 g/mol. The fourth-order valence-electron chi connectivity index (χ4n) is 3.84. The molecule has 168 valence electrons. The van der Waals surface area contributed by atoms with E-state index in [9.17, 15) is 17.6 Å². The number of amides is 1. The van der Waals surface area contributed by atoms with Crippen LogP contribution >= 0.6 is 0 Å². The lowest BCUT2D eigenvalue weighted by atomic mass is 9.93. The van der Waals surface area contributed by atoms with Gasteiger partial charge in [-0.05, 0) is 51.0 Å². The molecule has 0 spiro atoms. The van der Waals surface area contributed by atoms with Crippen LogP contribution in [0, 0.1) is 5.82 Å². The predicted molar refractivity (Wildman–Crippen MR) is 116 cm³/mol. The zero-order chi connectivity index (χ0) is 22.6. The van der Waals surface area contributed by atoms with E-state index in [2.05, 4.69) is 9.71 Å². The number of rotatable bonds is 6. The molecule has 0 saturated carbocycles. The Morgan fingerprint density at radius 2 is 2.00 bits per heavy atom. The van der Waals surface area contributed by atoms with E-state index in [1.165, 1.54) is 6.07 Å². The summed E-state index contributed by atoms with van der Waals surface area (Å²) in [5.74, 6) is -0.372. The number of carbonyl (C=O) groups excluding carboxylic acids is 1. The first-order chi connectivity index (χ1) is 14.6. The van der Waals surface area contributed by atoms with Gasteiger partial charge in [0, 0.05) is 30.3 Å². The lowest BCUT2D eigenvalue weighted by Gasteiger charge is -2.40. The van der Waals surface area contributed by atoms with Crippen LogP contribution in [0.25, 0.3) is 11.3 Å². The van der Waals surface area contributed by atoms with Crippen LogP contribution in [0.15, 0.2) is 42.5 Å². The van der Waals surface area contributed by atoms with E-state index < -0.39 is 28.2 Å². The van der Waals surface area contributed by atoms with Gasteiger partial charge in [0.2, 0.25) is 10.0 Å². The number of hydrogen-bond donors (Lipinski definition) is 1. The first kappa shape index (κ1) is 23.1. The van der Waals surface area contributed by atoms with Gasteiger partial charge in [-0.1, -0.05) is 18.2 Å². The van der Waals surface area contributed by atoms with Gasteiger partial charge in [0.25, 0.3) is 0 Å². The van der Waals surface area contributed by atoms with E-state index in [-0.39, 0.29) is 11.9 Å². The molecule has 2 unspecified atom stereocenters. The van der Waals surface area contributed by atoms with Gasteiger partial charge in [-0.3, -0.25) is 4.98 Å². The number of nitrogens with one attached hydrogen (secondary N) is 1. The number of halogens is 1. The number of piperidine rings is 1. The molecule has 1 aromatic heterocycles. The maximum atomic E-state index is 14.2. The summed E-state index contributed by atoms with van der Waals surface area (Å²) >= 11 is 0. The van der Waals surface area contributed by atoms with Gasteiger partial charge in [0.1, 0.15) is 5.82 Å². The van der Waals surface area contributed by atoms with Crippen molar-refractivity contribution in [2.75, 3.05) is 12.8 Å². The number of nitrogens with zero attached hydrogens (tertiary/aromatic N) is 2. The summed E-state index contributed by atoms with van der Waals surface area (Å²) in [7, 11) is -3.48. The van der Waals surface area contributed by atoms with E-state index in [0.29, 0.717) is 42.8 Å². The van der Waals surface area contributed by atoms with Crippen LogP contribution in [0.5, 0.6) is 0 Å². The molecule has 1 aliphatic rings. The average molecular weight is 450 g/mol. The van der Waals surface area contributed by atoms with Gasteiger partial charge in [0.05, 0.1) is 24.1 Å². The van der Waals surface area contributed by atoms with E-state index in [1.54, 1.807) is 55.1 Å². The summed E-state index contributed by atoms with van der Waals surface area (Å²) in [6, 6.07) is 10.7. The number of pyridine rings is 1. The second-order valence-electron chi connectivity index (χ2n) is 8.03. The molecule has 9 heteroatoms. The molecule has 0 bridgehead atoms. The molecule has 0 aliphatic carbocycles. The zero-order valence-electron chi connectivity index (χ0n) is 17.9. The van der Waals surface area contributed by atoms with Crippen molar-refractivity contribution in [3.8, 4) is 11.3 Å². The van der Waals surface area contributed by atoms with Crippen LogP contribution < -0.4 is 4.72 Å². The topological polar surface area (TPSA) is 88.6 Å². The summed E-state index contributed by atoms with van der Waals surface area (Å²) in [5, 5.41) is 0. The molecule has 1 amide bonds. The van der Waals surface area contributed by atoms with Gasteiger partial charge in [-0.25, -0.2) is 22.3 Å². The van der Waals surface area contributed by atoms with Crippen molar-refractivity contribution in [2.45, 2.75) is 51.3 Å². The second kappa shape index (κ2) is 9.74. The summed E-state index contributed by atoms with van der Waals surface area (Å²) in [4.78, 5) is 18.9. The lowest BCUT2D eigenvalue weighted by Crippen LogP contribution is -2.58. The van der Waals surface area contributed by atoms with E-state index in [1.807, 2.05) is 0 Å². The summed E-state index contributed by atoms with van der Waals surface area (Å²) in [5.41, 5.74) is 1.50. The number of ether oxygens (including phenoxy) is 1. The molecule has 1 aliphatic heterocycles. The van der Waals surface area contributed by atoms with Gasteiger partial charge in [-0.2, -0.15) is 0 Å². The molecule has 1 saturated heterocycles. The smallest absolute Gasteiger partial charge is 0.410 e. The Bertz CT molecular complexity index is 1030. The lowest BCUT2D eigenvalue weighted by molar-refractivity contribution is 0.0459. The highest BCUT2D eigenvalue weighted by molar-refractivity contribution is 7.88. The van der Waals surface area contributed by atoms with Crippen molar-refractivity contribution in [2.24, 2.45) is 0 Å². The van der Waals surface area contributed by atoms with Crippen LogP contribution in [0.1, 0.15) is 32.4 Å². The van der Waals surface area contributed by atoms with Gasteiger partial charge >= 0.3 is 6.09 Å².